The Balaban J connectivity index is 3.02. The summed E-state index contributed by atoms with van der Waals surface area (Å²) in [6.45, 7) is -0.490. The van der Waals surface area contributed by atoms with Crippen molar-refractivity contribution in [3.8, 4) is 0 Å². The molecule has 0 amide bonds. The van der Waals surface area contributed by atoms with E-state index in [1.165, 1.54) is 6.20 Å². The van der Waals surface area contributed by atoms with Gasteiger partial charge in [-0.1, -0.05) is 0 Å². The van der Waals surface area contributed by atoms with Gasteiger partial charge in [0.25, 0.3) is 12.0 Å². The Kier molecular flexibility index (Phi) is 2.69. The number of rotatable bonds is 2. The van der Waals surface area contributed by atoms with E-state index in [4.69, 9.17) is 0 Å². The summed E-state index contributed by atoms with van der Waals surface area (Å²) in [5.74, 6) is 0. The zero-order chi connectivity index (χ0) is 9.14. The first-order valence-corrected chi connectivity index (χ1v) is 3.58. The van der Waals surface area contributed by atoms with Gasteiger partial charge in [0, 0.05) is 12.3 Å². The highest BCUT2D eigenvalue weighted by atomic mass is 32.1. The van der Waals surface area contributed by atoms with Crippen LogP contribution in [0.15, 0.2) is 17.1 Å². The number of hydrogen-bond donors (Lipinski definition) is 1. The average Bonchev–Trinajstić information content (AvgIpc) is 1.94. The van der Waals surface area contributed by atoms with Crippen LogP contribution in [-0.2, 0) is 6.54 Å². The standard InChI is InChI=1S/C6H6F2N2OS/c7-4(8)3-10-2-1-5(11)9-6(10)12/h1-2,4H,3H2,(H,9,11,12). The second kappa shape index (κ2) is 3.57. The second-order valence-corrected chi connectivity index (χ2v) is 2.54. The lowest BCUT2D eigenvalue weighted by Crippen LogP contribution is -2.14. The maximum absolute atomic E-state index is 11.8. The van der Waals surface area contributed by atoms with E-state index in [1.807, 2.05) is 0 Å². The summed E-state index contributed by atoms with van der Waals surface area (Å²) in [7, 11) is 0. The molecule has 0 aliphatic rings. The molecule has 1 heterocycles. The summed E-state index contributed by atoms with van der Waals surface area (Å²) in [4.78, 5) is 12.8. The van der Waals surface area contributed by atoms with Crippen molar-refractivity contribution in [3.05, 3.63) is 27.4 Å². The summed E-state index contributed by atoms with van der Waals surface area (Å²) in [5, 5.41) is 0. The van der Waals surface area contributed by atoms with E-state index in [-0.39, 0.29) is 10.3 Å². The number of H-pyrrole nitrogens is 1. The first kappa shape index (κ1) is 9.05. The molecule has 1 aromatic heterocycles. The van der Waals surface area contributed by atoms with Gasteiger partial charge >= 0.3 is 0 Å². The minimum Gasteiger partial charge on any atom is -0.319 e. The molecule has 0 saturated carbocycles. The van der Waals surface area contributed by atoms with Crippen LogP contribution in [-0.4, -0.2) is 16.0 Å². The van der Waals surface area contributed by atoms with E-state index in [2.05, 4.69) is 17.2 Å². The summed E-state index contributed by atoms with van der Waals surface area (Å²) in [6, 6.07) is 1.15. The lowest BCUT2D eigenvalue weighted by Gasteiger charge is -2.03. The highest BCUT2D eigenvalue weighted by molar-refractivity contribution is 7.71. The summed E-state index contributed by atoms with van der Waals surface area (Å²) < 4.78 is 24.8. The maximum Gasteiger partial charge on any atom is 0.256 e. The zero-order valence-electron chi connectivity index (χ0n) is 5.96. The van der Waals surface area contributed by atoms with Crippen molar-refractivity contribution in [1.82, 2.24) is 9.55 Å². The molecule has 0 aromatic carbocycles. The van der Waals surface area contributed by atoms with Crippen molar-refractivity contribution in [2.45, 2.75) is 13.0 Å². The van der Waals surface area contributed by atoms with E-state index >= 15 is 0 Å². The molecule has 1 N–H and O–H groups in total. The Morgan fingerprint density at radius 3 is 2.83 bits per heavy atom. The number of nitrogens with one attached hydrogen (secondary N) is 1. The van der Waals surface area contributed by atoms with E-state index in [0.717, 1.165) is 10.6 Å². The van der Waals surface area contributed by atoms with Gasteiger partial charge in [0.2, 0.25) is 0 Å². The number of aromatic nitrogens is 2. The molecule has 1 aromatic rings. The van der Waals surface area contributed by atoms with Crippen LogP contribution in [0, 0.1) is 4.77 Å². The van der Waals surface area contributed by atoms with Crippen LogP contribution in [0.5, 0.6) is 0 Å². The van der Waals surface area contributed by atoms with Gasteiger partial charge in [-0.05, 0) is 12.2 Å². The van der Waals surface area contributed by atoms with Gasteiger partial charge in [0.15, 0.2) is 4.77 Å². The molecular formula is C6H6F2N2OS. The number of aromatic amines is 1. The Hall–Kier alpha value is -1.04. The second-order valence-electron chi connectivity index (χ2n) is 2.15. The molecule has 0 aliphatic heterocycles. The van der Waals surface area contributed by atoms with Crippen LogP contribution in [0.25, 0.3) is 0 Å². The van der Waals surface area contributed by atoms with E-state index < -0.39 is 13.0 Å². The minimum atomic E-state index is -2.47. The normalized spacial score (nSPS) is 10.6. The van der Waals surface area contributed by atoms with Crippen molar-refractivity contribution in [2.75, 3.05) is 0 Å². The van der Waals surface area contributed by atoms with Gasteiger partial charge < -0.3 is 4.57 Å². The molecule has 1 rings (SSSR count). The molecule has 0 bridgehead atoms. The molecule has 0 aliphatic carbocycles. The SMILES string of the molecule is O=c1ccn(CC(F)F)c(=S)[nH]1. The van der Waals surface area contributed by atoms with Crippen LogP contribution < -0.4 is 5.56 Å². The Bertz CT molecular complexity index is 370. The van der Waals surface area contributed by atoms with Crippen LogP contribution in [0.4, 0.5) is 8.78 Å². The van der Waals surface area contributed by atoms with Gasteiger partial charge in [-0.2, -0.15) is 0 Å². The fourth-order valence-electron chi connectivity index (χ4n) is 0.737. The van der Waals surface area contributed by atoms with Gasteiger partial charge in [0.05, 0.1) is 6.54 Å². The highest BCUT2D eigenvalue weighted by Gasteiger charge is 2.03. The van der Waals surface area contributed by atoms with Crippen molar-refractivity contribution in [3.63, 3.8) is 0 Å². The van der Waals surface area contributed by atoms with Crippen molar-refractivity contribution >= 4 is 12.2 Å². The van der Waals surface area contributed by atoms with E-state index in [9.17, 15) is 13.6 Å². The van der Waals surface area contributed by atoms with Gasteiger partial charge in [0.1, 0.15) is 0 Å². The summed E-state index contributed by atoms with van der Waals surface area (Å²) >= 11 is 4.63. The Morgan fingerprint density at radius 1 is 1.67 bits per heavy atom. The van der Waals surface area contributed by atoms with Crippen molar-refractivity contribution in [1.29, 1.82) is 0 Å². The molecule has 0 radical (unpaired) electrons. The summed E-state index contributed by atoms with van der Waals surface area (Å²) in [6.07, 6.45) is -1.23. The number of hydrogen-bond acceptors (Lipinski definition) is 2. The molecule has 0 saturated heterocycles. The van der Waals surface area contributed by atoms with Crippen LogP contribution >= 0.6 is 12.2 Å². The van der Waals surface area contributed by atoms with Crippen LogP contribution in [0.1, 0.15) is 0 Å². The lowest BCUT2D eigenvalue weighted by molar-refractivity contribution is 0.125. The number of alkyl halides is 2. The molecule has 12 heavy (non-hydrogen) atoms. The number of halogens is 2. The smallest absolute Gasteiger partial charge is 0.256 e. The molecule has 0 unspecified atom stereocenters. The largest absolute Gasteiger partial charge is 0.319 e. The monoisotopic (exact) mass is 192 g/mol. The first-order chi connectivity index (χ1) is 5.59. The van der Waals surface area contributed by atoms with Crippen molar-refractivity contribution in [2.24, 2.45) is 0 Å². The van der Waals surface area contributed by atoms with E-state index in [1.54, 1.807) is 0 Å². The fourth-order valence-corrected chi connectivity index (χ4v) is 0.973. The minimum absolute atomic E-state index is 0.0165. The van der Waals surface area contributed by atoms with Crippen LogP contribution in [0.3, 0.4) is 0 Å². The molecule has 66 valence electrons. The third kappa shape index (κ3) is 2.23. The van der Waals surface area contributed by atoms with Crippen LogP contribution in [0.2, 0.25) is 0 Å². The predicted octanol–water partition coefficient (Wildman–Crippen LogP) is 1.17. The average molecular weight is 192 g/mol. The van der Waals surface area contributed by atoms with Gasteiger partial charge in [-0.25, -0.2) is 8.78 Å². The van der Waals surface area contributed by atoms with Gasteiger partial charge in [-0.15, -0.1) is 0 Å². The third-order valence-corrected chi connectivity index (χ3v) is 1.57. The molecule has 3 nitrogen and oxygen atoms in total. The molecule has 0 atom stereocenters. The molecule has 6 heteroatoms. The first-order valence-electron chi connectivity index (χ1n) is 3.17. The quantitative estimate of drug-likeness (QED) is 0.714. The zero-order valence-corrected chi connectivity index (χ0v) is 6.78. The molecule has 0 spiro atoms. The van der Waals surface area contributed by atoms with Gasteiger partial charge in [-0.3, -0.25) is 9.78 Å². The Labute approximate surface area is 71.7 Å². The lowest BCUT2D eigenvalue weighted by atomic mass is 10.6. The topological polar surface area (TPSA) is 37.8 Å². The third-order valence-electron chi connectivity index (χ3n) is 1.23. The fraction of sp³-hybridized carbons (Fsp3) is 0.333. The van der Waals surface area contributed by atoms with E-state index in [0.29, 0.717) is 0 Å². The maximum atomic E-state index is 11.8. The number of nitrogens with zero attached hydrogens (tertiary/aromatic N) is 1. The summed E-state index contributed by atoms with van der Waals surface area (Å²) in [5.41, 5.74) is -0.384. The highest BCUT2D eigenvalue weighted by Crippen LogP contribution is 1.97. The predicted molar refractivity (Wildman–Crippen MR) is 41.9 cm³/mol. The molecule has 0 fully saturated rings. The van der Waals surface area contributed by atoms with Crippen molar-refractivity contribution < 1.29 is 8.78 Å². The molecular weight excluding hydrogens is 186 g/mol. The Morgan fingerprint density at radius 2 is 2.33 bits per heavy atom.